The fourth-order valence-corrected chi connectivity index (χ4v) is 1.18. The molecular formula is C8H12N4OS. The van der Waals surface area contributed by atoms with Crippen LogP contribution in [-0.2, 0) is 0 Å². The Balaban J connectivity index is 3.22. The second kappa shape index (κ2) is 4.19. The minimum Gasteiger partial charge on any atom is -0.335 e. The average Bonchev–Trinajstić information content (AvgIpc) is 2.01. The molecule has 14 heavy (non-hydrogen) atoms. The van der Waals surface area contributed by atoms with Crippen LogP contribution in [0.15, 0.2) is 9.90 Å². The van der Waals surface area contributed by atoms with E-state index in [1.807, 2.05) is 0 Å². The standard InChI is InChI=1S/C8H12N4OS/c1-5-6(4-9-12(2)3)7(13)11-8(14)10-5/h4H,1-3H3,(H2,10,11,13,14). The second-order valence-corrected chi connectivity index (χ2v) is 3.45. The Bertz CT molecular complexity index is 457. The maximum absolute atomic E-state index is 11.4. The average molecular weight is 212 g/mol. The predicted octanol–water partition coefficient (Wildman–Crippen LogP) is 0.636. The number of nitrogens with zero attached hydrogens (tertiary/aromatic N) is 2. The van der Waals surface area contributed by atoms with Crippen molar-refractivity contribution >= 4 is 18.4 Å². The van der Waals surface area contributed by atoms with Crippen molar-refractivity contribution in [3.8, 4) is 0 Å². The Kier molecular flexibility index (Phi) is 3.19. The number of hydrazone groups is 1. The number of aryl methyl sites for hydroxylation is 1. The van der Waals surface area contributed by atoms with Crippen LogP contribution >= 0.6 is 12.2 Å². The molecule has 0 aliphatic carbocycles. The number of nitrogens with one attached hydrogen (secondary N) is 2. The predicted molar refractivity (Wildman–Crippen MR) is 58.3 cm³/mol. The lowest BCUT2D eigenvalue weighted by Gasteiger charge is -2.03. The minimum absolute atomic E-state index is 0.225. The summed E-state index contributed by atoms with van der Waals surface area (Å²) in [5.74, 6) is 0. The smallest absolute Gasteiger partial charge is 0.260 e. The topological polar surface area (TPSA) is 64.2 Å². The first-order valence-corrected chi connectivity index (χ1v) is 4.46. The van der Waals surface area contributed by atoms with Crippen molar-refractivity contribution in [3.05, 3.63) is 26.4 Å². The van der Waals surface area contributed by atoms with E-state index in [1.165, 1.54) is 6.21 Å². The van der Waals surface area contributed by atoms with Gasteiger partial charge in [-0.15, -0.1) is 0 Å². The number of aromatic amines is 2. The van der Waals surface area contributed by atoms with Crippen molar-refractivity contribution in [3.63, 3.8) is 0 Å². The van der Waals surface area contributed by atoms with E-state index in [2.05, 4.69) is 15.1 Å². The second-order valence-electron chi connectivity index (χ2n) is 3.04. The van der Waals surface area contributed by atoms with E-state index in [0.717, 1.165) is 0 Å². The van der Waals surface area contributed by atoms with Gasteiger partial charge in [-0.05, 0) is 19.1 Å². The molecule has 6 heteroatoms. The largest absolute Gasteiger partial charge is 0.335 e. The van der Waals surface area contributed by atoms with Crippen molar-refractivity contribution in [1.29, 1.82) is 0 Å². The summed E-state index contributed by atoms with van der Waals surface area (Å²) in [6.07, 6.45) is 1.50. The van der Waals surface area contributed by atoms with E-state index >= 15 is 0 Å². The van der Waals surface area contributed by atoms with E-state index in [-0.39, 0.29) is 5.56 Å². The third-order valence-electron chi connectivity index (χ3n) is 1.59. The third kappa shape index (κ3) is 2.53. The molecule has 5 nitrogen and oxygen atoms in total. The number of hydrogen-bond donors (Lipinski definition) is 2. The number of hydrogen-bond acceptors (Lipinski definition) is 4. The highest BCUT2D eigenvalue weighted by Gasteiger charge is 2.00. The molecule has 0 amide bonds. The summed E-state index contributed by atoms with van der Waals surface area (Å²) in [6.45, 7) is 1.78. The van der Waals surface area contributed by atoms with Crippen LogP contribution in [0.4, 0.5) is 0 Å². The Hall–Kier alpha value is -1.43. The lowest BCUT2D eigenvalue weighted by molar-refractivity contribution is 0.440. The van der Waals surface area contributed by atoms with Crippen molar-refractivity contribution in [1.82, 2.24) is 15.0 Å². The summed E-state index contributed by atoms with van der Waals surface area (Å²) in [5.41, 5.74) is 0.980. The van der Waals surface area contributed by atoms with E-state index in [4.69, 9.17) is 12.2 Å². The highest BCUT2D eigenvalue weighted by atomic mass is 32.1. The Morgan fingerprint density at radius 1 is 1.43 bits per heavy atom. The molecule has 1 aromatic heterocycles. The fraction of sp³-hybridized carbons (Fsp3) is 0.375. The van der Waals surface area contributed by atoms with Gasteiger partial charge >= 0.3 is 0 Å². The molecule has 0 bridgehead atoms. The lowest BCUT2D eigenvalue weighted by Crippen LogP contribution is -2.17. The van der Waals surface area contributed by atoms with Crippen LogP contribution in [0.5, 0.6) is 0 Å². The van der Waals surface area contributed by atoms with Crippen LogP contribution < -0.4 is 5.56 Å². The number of H-pyrrole nitrogens is 2. The molecular weight excluding hydrogens is 200 g/mol. The van der Waals surface area contributed by atoms with E-state index in [9.17, 15) is 4.79 Å². The molecule has 2 N–H and O–H groups in total. The molecule has 0 saturated carbocycles. The minimum atomic E-state index is -0.225. The maximum atomic E-state index is 11.4. The molecule has 1 rings (SSSR count). The van der Waals surface area contributed by atoms with Gasteiger partial charge in [-0.25, -0.2) is 0 Å². The van der Waals surface area contributed by atoms with Crippen LogP contribution in [0.2, 0.25) is 0 Å². The summed E-state index contributed by atoms with van der Waals surface area (Å²) in [5, 5.41) is 5.59. The molecule has 0 aliphatic heterocycles. The molecule has 0 saturated heterocycles. The number of rotatable bonds is 2. The van der Waals surface area contributed by atoms with Crippen LogP contribution in [0.1, 0.15) is 11.3 Å². The van der Waals surface area contributed by atoms with Gasteiger partial charge in [0.2, 0.25) is 0 Å². The quantitative estimate of drug-likeness (QED) is 0.429. The summed E-state index contributed by atoms with van der Waals surface area (Å²) in [4.78, 5) is 16.8. The van der Waals surface area contributed by atoms with Gasteiger partial charge in [0.05, 0.1) is 11.8 Å². The van der Waals surface area contributed by atoms with Gasteiger partial charge in [0.25, 0.3) is 5.56 Å². The molecule has 1 aromatic rings. The number of aromatic nitrogens is 2. The van der Waals surface area contributed by atoms with Crippen LogP contribution in [0, 0.1) is 11.7 Å². The Morgan fingerprint density at radius 3 is 2.57 bits per heavy atom. The summed E-state index contributed by atoms with van der Waals surface area (Å²) in [7, 11) is 3.57. The normalized spacial score (nSPS) is 10.8. The van der Waals surface area contributed by atoms with Crippen molar-refractivity contribution in [2.75, 3.05) is 14.1 Å². The van der Waals surface area contributed by atoms with E-state index in [1.54, 1.807) is 26.0 Å². The summed E-state index contributed by atoms with van der Waals surface area (Å²) in [6, 6.07) is 0. The van der Waals surface area contributed by atoms with Crippen molar-refractivity contribution in [2.24, 2.45) is 5.10 Å². The molecule has 1 heterocycles. The van der Waals surface area contributed by atoms with Gasteiger partial charge in [0, 0.05) is 19.8 Å². The molecule has 76 valence electrons. The molecule has 0 spiro atoms. The van der Waals surface area contributed by atoms with Crippen LogP contribution in [0.3, 0.4) is 0 Å². The zero-order valence-electron chi connectivity index (χ0n) is 8.29. The highest BCUT2D eigenvalue weighted by molar-refractivity contribution is 7.71. The van der Waals surface area contributed by atoms with Gasteiger partial charge in [0.1, 0.15) is 0 Å². The zero-order valence-corrected chi connectivity index (χ0v) is 9.10. The highest BCUT2D eigenvalue weighted by Crippen LogP contribution is 1.93. The molecule has 0 atom stereocenters. The maximum Gasteiger partial charge on any atom is 0.260 e. The Morgan fingerprint density at radius 2 is 2.07 bits per heavy atom. The van der Waals surface area contributed by atoms with Gasteiger partial charge in [0.15, 0.2) is 4.77 Å². The van der Waals surface area contributed by atoms with Gasteiger partial charge in [-0.3, -0.25) is 9.78 Å². The fourth-order valence-electron chi connectivity index (χ4n) is 0.938. The molecule has 0 fully saturated rings. The SMILES string of the molecule is Cc1[nH]c(=S)[nH]c(=O)c1C=NN(C)C. The first kappa shape index (κ1) is 10.6. The third-order valence-corrected chi connectivity index (χ3v) is 1.80. The molecule has 0 aromatic carbocycles. The van der Waals surface area contributed by atoms with E-state index < -0.39 is 0 Å². The van der Waals surface area contributed by atoms with Gasteiger partial charge in [-0.2, -0.15) is 5.10 Å². The van der Waals surface area contributed by atoms with Crippen molar-refractivity contribution in [2.45, 2.75) is 6.92 Å². The summed E-state index contributed by atoms with van der Waals surface area (Å²) >= 11 is 4.82. The van der Waals surface area contributed by atoms with Gasteiger partial charge in [-0.1, -0.05) is 0 Å². The van der Waals surface area contributed by atoms with Crippen LogP contribution in [0.25, 0.3) is 0 Å². The molecule has 0 unspecified atom stereocenters. The first-order valence-electron chi connectivity index (χ1n) is 4.05. The Labute approximate surface area is 86.5 Å². The monoisotopic (exact) mass is 212 g/mol. The summed E-state index contributed by atoms with van der Waals surface area (Å²) < 4.78 is 0.328. The molecule has 0 aliphatic rings. The first-order chi connectivity index (χ1) is 6.50. The van der Waals surface area contributed by atoms with Crippen molar-refractivity contribution < 1.29 is 0 Å². The lowest BCUT2D eigenvalue weighted by atomic mass is 10.2. The van der Waals surface area contributed by atoms with Crippen LogP contribution in [-0.4, -0.2) is 35.3 Å². The zero-order chi connectivity index (χ0) is 10.7. The van der Waals surface area contributed by atoms with E-state index in [0.29, 0.717) is 16.0 Å². The molecule has 0 radical (unpaired) electrons. The van der Waals surface area contributed by atoms with Gasteiger partial charge < -0.3 is 9.99 Å².